The quantitative estimate of drug-likeness (QED) is 0.934. The summed E-state index contributed by atoms with van der Waals surface area (Å²) in [6.07, 6.45) is 5.56. The average molecular weight is 339 g/mol. The summed E-state index contributed by atoms with van der Waals surface area (Å²) in [6.45, 7) is 2.38. The van der Waals surface area contributed by atoms with Gasteiger partial charge < -0.3 is 19.7 Å². The highest BCUT2D eigenvalue weighted by atomic mass is 16.6. The Labute approximate surface area is 146 Å². The van der Waals surface area contributed by atoms with Crippen LogP contribution in [-0.4, -0.2) is 35.7 Å². The largest absolute Gasteiger partial charge is 0.486 e. The average Bonchev–Trinajstić information content (AvgIpc) is 3.16. The van der Waals surface area contributed by atoms with Crippen molar-refractivity contribution in [3.8, 4) is 11.5 Å². The zero-order valence-corrected chi connectivity index (χ0v) is 14.0. The molecule has 0 bridgehead atoms. The van der Waals surface area contributed by atoms with Crippen LogP contribution < -0.4 is 14.8 Å². The fourth-order valence-electron chi connectivity index (χ4n) is 3.42. The first kappa shape index (κ1) is 15.7. The zero-order chi connectivity index (χ0) is 17.1. The Morgan fingerprint density at radius 2 is 1.96 bits per heavy atom. The first-order valence-electron chi connectivity index (χ1n) is 8.64. The van der Waals surface area contributed by atoms with E-state index in [1.54, 1.807) is 12.4 Å². The summed E-state index contributed by atoms with van der Waals surface area (Å²) in [6, 6.07) is 9.84. The Morgan fingerprint density at radius 3 is 2.80 bits per heavy atom. The van der Waals surface area contributed by atoms with E-state index in [1.807, 2.05) is 35.2 Å². The van der Waals surface area contributed by atoms with Gasteiger partial charge in [-0.15, -0.1) is 0 Å². The number of urea groups is 1. The summed E-state index contributed by atoms with van der Waals surface area (Å²) in [5.74, 6) is 1.51. The molecule has 2 amide bonds. The number of nitrogens with zero attached hydrogens (tertiary/aromatic N) is 2. The normalized spacial score (nSPS) is 18.9. The third kappa shape index (κ3) is 3.38. The molecule has 2 aromatic rings. The monoisotopic (exact) mass is 339 g/mol. The van der Waals surface area contributed by atoms with Crippen LogP contribution in [0, 0.1) is 0 Å². The molecule has 4 rings (SSSR count). The number of nitrogens with one attached hydrogen (secondary N) is 1. The Bertz CT molecular complexity index is 751. The summed E-state index contributed by atoms with van der Waals surface area (Å²) < 4.78 is 11.1. The minimum Gasteiger partial charge on any atom is -0.486 e. The van der Waals surface area contributed by atoms with Crippen molar-refractivity contribution in [1.29, 1.82) is 0 Å². The number of benzene rings is 1. The number of amides is 2. The summed E-state index contributed by atoms with van der Waals surface area (Å²) >= 11 is 0. The van der Waals surface area contributed by atoms with Gasteiger partial charge in [0.1, 0.15) is 13.2 Å². The van der Waals surface area contributed by atoms with E-state index in [2.05, 4.69) is 10.3 Å². The van der Waals surface area contributed by atoms with E-state index in [4.69, 9.17) is 9.47 Å². The third-order valence-electron chi connectivity index (χ3n) is 4.65. The second kappa shape index (κ2) is 7.01. The Kier molecular flexibility index (Phi) is 4.41. The van der Waals surface area contributed by atoms with E-state index in [0.29, 0.717) is 19.8 Å². The van der Waals surface area contributed by atoms with Gasteiger partial charge in [0.05, 0.1) is 6.04 Å². The number of pyridine rings is 1. The number of hydrogen-bond acceptors (Lipinski definition) is 4. The first-order chi connectivity index (χ1) is 12.3. The van der Waals surface area contributed by atoms with Crippen LogP contribution in [0.5, 0.6) is 11.5 Å². The van der Waals surface area contributed by atoms with E-state index in [1.165, 1.54) is 0 Å². The van der Waals surface area contributed by atoms with Crippen molar-refractivity contribution in [1.82, 2.24) is 15.2 Å². The van der Waals surface area contributed by atoms with Crippen LogP contribution in [0.1, 0.15) is 30.0 Å². The van der Waals surface area contributed by atoms with E-state index >= 15 is 0 Å². The van der Waals surface area contributed by atoms with Crippen LogP contribution in [0.15, 0.2) is 42.7 Å². The molecule has 6 nitrogen and oxygen atoms in total. The number of rotatable bonds is 3. The van der Waals surface area contributed by atoms with Crippen molar-refractivity contribution >= 4 is 6.03 Å². The minimum atomic E-state index is -0.0331. The second-order valence-electron chi connectivity index (χ2n) is 6.27. The molecular weight excluding hydrogens is 318 g/mol. The van der Waals surface area contributed by atoms with Gasteiger partial charge in [0.25, 0.3) is 0 Å². The van der Waals surface area contributed by atoms with Gasteiger partial charge in [-0.3, -0.25) is 4.98 Å². The molecule has 2 aliphatic heterocycles. The van der Waals surface area contributed by atoms with Crippen molar-refractivity contribution in [2.24, 2.45) is 0 Å². The molecule has 1 aromatic carbocycles. The summed E-state index contributed by atoms with van der Waals surface area (Å²) in [5, 5.41) is 3.02. The fraction of sp³-hybridized carbons (Fsp3) is 0.368. The molecule has 1 aromatic heterocycles. The Balaban J connectivity index is 1.40. The van der Waals surface area contributed by atoms with Crippen LogP contribution in [0.3, 0.4) is 0 Å². The van der Waals surface area contributed by atoms with E-state index in [-0.39, 0.29) is 12.1 Å². The number of likely N-dealkylation sites (tertiary alicyclic amines) is 1. The predicted molar refractivity (Wildman–Crippen MR) is 92.6 cm³/mol. The standard InChI is InChI=1S/C19H21N3O3/c23-19(22-9-1-2-16(22)15-5-7-20-8-6-15)21-13-14-3-4-17-18(12-14)25-11-10-24-17/h3-8,12,16H,1-2,9-11,13H2,(H,21,23)/t16-/m0/s1. The van der Waals surface area contributed by atoms with E-state index < -0.39 is 0 Å². The van der Waals surface area contributed by atoms with E-state index in [9.17, 15) is 4.79 Å². The highest BCUT2D eigenvalue weighted by Crippen LogP contribution is 2.32. The van der Waals surface area contributed by atoms with Crippen LogP contribution in [0.25, 0.3) is 0 Å². The van der Waals surface area contributed by atoms with E-state index in [0.717, 1.165) is 42.0 Å². The molecular formula is C19H21N3O3. The number of fused-ring (bicyclic) bond motifs is 1. The molecule has 25 heavy (non-hydrogen) atoms. The predicted octanol–water partition coefficient (Wildman–Crippen LogP) is 2.90. The molecule has 130 valence electrons. The molecule has 0 radical (unpaired) electrons. The molecule has 1 N–H and O–H groups in total. The van der Waals surface area contributed by atoms with Gasteiger partial charge in [0, 0.05) is 25.5 Å². The molecule has 0 saturated carbocycles. The maximum Gasteiger partial charge on any atom is 0.318 e. The lowest BCUT2D eigenvalue weighted by Gasteiger charge is -2.25. The summed E-state index contributed by atoms with van der Waals surface area (Å²) in [4.78, 5) is 18.6. The maximum absolute atomic E-state index is 12.6. The molecule has 0 aliphatic carbocycles. The Morgan fingerprint density at radius 1 is 1.16 bits per heavy atom. The topological polar surface area (TPSA) is 63.7 Å². The van der Waals surface area contributed by atoms with Crippen molar-refractivity contribution in [3.05, 3.63) is 53.9 Å². The molecule has 1 fully saturated rings. The molecule has 1 atom stereocenters. The summed E-state index contributed by atoms with van der Waals surface area (Å²) in [5.41, 5.74) is 2.14. The Hall–Kier alpha value is -2.76. The van der Waals surface area contributed by atoms with Crippen LogP contribution in [-0.2, 0) is 6.54 Å². The molecule has 2 aliphatic rings. The van der Waals surface area contributed by atoms with Gasteiger partial charge in [0.2, 0.25) is 0 Å². The van der Waals surface area contributed by atoms with Gasteiger partial charge >= 0.3 is 6.03 Å². The molecule has 1 saturated heterocycles. The lowest BCUT2D eigenvalue weighted by atomic mass is 10.1. The fourth-order valence-corrected chi connectivity index (χ4v) is 3.42. The molecule has 6 heteroatoms. The maximum atomic E-state index is 12.6. The van der Waals surface area contributed by atoms with Gasteiger partial charge in [-0.25, -0.2) is 4.79 Å². The highest BCUT2D eigenvalue weighted by Gasteiger charge is 2.29. The van der Waals surface area contributed by atoms with Crippen molar-refractivity contribution in [3.63, 3.8) is 0 Å². The first-order valence-corrected chi connectivity index (χ1v) is 8.64. The lowest BCUT2D eigenvalue weighted by molar-refractivity contribution is 0.171. The summed E-state index contributed by atoms with van der Waals surface area (Å²) in [7, 11) is 0. The van der Waals surface area contributed by atoms with Gasteiger partial charge in [-0.05, 0) is 48.2 Å². The van der Waals surface area contributed by atoms with Gasteiger partial charge in [0.15, 0.2) is 11.5 Å². The second-order valence-corrected chi connectivity index (χ2v) is 6.27. The van der Waals surface area contributed by atoms with Gasteiger partial charge in [-0.1, -0.05) is 6.07 Å². The number of carbonyl (C=O) groups excluding carboxylic acids is 1. The van der Waals surface area contributed by atoms with Crippen molar-refractivity contribution in [2.75, 3.05) is 19.8 Å². The SMILES string of the molecule is O=C(NCc1ccc2c(c1)OCCO2)N1CCC[C@H]1c1ccncc1. The molecule has 0 unspecified atom stereocenters. The van der Waals surface area contributed by atoms with Gasteiger partial charge in [-0.2, -0.15) is 0 Å². The highest BCUT2D eigenvalue weighted by molar-refractivity contribution is 5.75. The van der Waals surface area contributed by atoms with Crippen LogP contribution in [0.4, 0.5) is 4.79 Å². The number of hydrogen-bond donors (Lipinski definition) is 1. The number of ether oxygens (including phenoxy) is 2. The zero-order valence-electron chi connectivity index (χ0n) is 14.0. The minimum absolute atomic E-state index is 0.0331. The molecule has 0 spiro atoms. The lowest BCUT2D eigenvalue weighted by Crippen LogP contribution is -2.39. The third-order valence-corrected chi connectivity index (χ3v) is 4.65. The van der Waals surface area contributed by atoms with Crippen molar-refractivity contribution in [2.45, 2.75) is 25.4 Å². The number of carbonyl (C=O) groups is 1. The number of aromatic nitrogens is 1. The van der Waals surface area contributed by atoms with Crippen molar-refractivity contribution < 1.29 is 14.3 Å². The molecule has 3 heterocycles. The van der Waals surface area contributed by atoms with Crippen LogP contribution in [0.2, 0.25) is 0 Å². The smallest absolute Gasteiger partial charge is 0.318 e. The van der Waals surface area contributed by atoms with Crippen LogP contribution >= 0.6 is 0 Å².